The van der Waals surface area contributed by atoms with Gasteiger partial charge < -0.3 is 14.6 Å². The zero-order valence-corrected chi connectivity index (χ0v) is 17.5. The van der Waals surface area contributed by atoms with E-state index in [1.807, 2.05) is 6.92 Å². The lowest BCUT2D eigenvalue weighted by atomic mass is 10.2. The quantitative estimate of drug-likeness (QED) is 0.848. The average molecular weight is 361 g/mol. The number of aromatic nitrogens is 2. The fraction of sp³-hybridized carbons (Fsp3) is 0.632. The van der Waals surface area contributed by atoms with Crippen molar-refractivity contribution >= 4 is 19.8 Å². The summed E-state index contributed by atoms with van der Waals surface area (Å²) in [5, 5.41) is 3.88. The van der Waals surface area contributed by atoms with Crippen LogP contribution in [0.2, 0.25) is 18.1 Å². The van der Waals surface area contributed by atoms with Gasteiger partial charge in [-0.2, -0.15) is 0 Å². The zero-order chi connectivity index (χ0) is 18.2. The van der Waals surface area contributed by atoms with E-state index in [0.717, 1.165) is 37.6 Å². The minimum atomic E-state index is -1.70. The molecule has 1 unspecified atom stereocenters. The maximum Gasteiger partial charge on any atom is 0.192 e. The second kappa shape index (κ2) is 6.74. The van der Waals surface area contributed by atoms with Gasteiger partial charge in [0.2, 0.25) is 0 Å². The molecular formula is C19H32N4OSi. The minimum Gasteiger partial charge on any atom is -0.415 e. The first-order valence-electron chi connectivity index (χ1n) is 9.24. The molecule has 1 aliphatic heterocycles. The van der Waals surface area contributed by atoms with Crippen molar-refractivity contribution in [3.8, 4) is 0 Å². The van der Waals surface area contributed by atoms with Crippen LogP contribution in [0.3, 0.4) is 0 Å². The molecule has 2 aromatic rings. The molecule has 1 aliphatic rings. The van der Waals surface area contributed by atoms with Crippen LogP contribution in [0.1, 0.15) is 26.5 Å². The first-order chi connectivity index (χ1) is 11.7. The first-order valence-corrected chi connectivity index (χ1v) is 12.2. The topological polar surface area (TPSA) is 41.8 Å². The van der Waals surface area contributed by atoms with E-state index in [-0.39, 0.29) is 5.04 Å². The fourth-order valence-electron chi connectivity index (χ4n) is 3.05. The highest BCUT2D eigenvalue weighted by molar-refractivity contribution is 6.74. The van der Waals surface area contributed by atoms with Crippen molar-refractivity contribution in [1.29, 1.82) is 0 Å². The number of aryl methyl sites for hydroxylation is 1. The van der Waals surface area contributed by atoms with Crippen molar-refractivity contribution < 1.29 is 4.43 Å². The van der Waals surface area contributed by atoms with Crippen molar-refractivity contribution in [2.45, 2.75) is 51.9 Å². The number of imidazole rings is 1. The molecule has 3 rings (SSSR count). The Labute approximate surface area is 152 Å². The number of fused-ring (bicyclic) bond motifs is 1. The largest absolute Gasteiger partial charge is 0.415 e. The first kappa shape index (κ1) is 18.4. The molecule has 0 amide bonds. The molecule has 1 atom stereocenters. The monoisotopic (exact) mass is 360 g/mol. The molecular weight excluding hydrogens is 328 g/mol. The Bertz CT molecular complexity index is 735. The molecule has 0 aliphatic carbocycles. The van der Waals surface area contributed by atoms with Gasteiger partial charge in [-0.15, -0.1) is 0 Å². The molecule has 1 N–H and O–H groups in total. The summed E-state index contributed by atoms with van der Waals surface area (Å²) < 4.78 is 8.64. The van der Waals surface area contributed by atoms with Crippen molar-refractivity contribution in [1.82, 2.24) is 14.7 Å². The van der Waals surface area contributed by atoms with Crippen molar-refractivity contribution in [3.63, 3.8) is 0 Å². The van der Waals surface area contributed by atoms with E-state index in [9.17, 15) is 0 Å². The molecule has 2 aromatic heterocycles. The predicted molar refractivity (Wildman–Crippen MR) is 107 cm³/mol. The van der Waals surface area contributed by atoms with Crippen LogP contribution in [0.5, 0.6) is 0 Å². The van der Waals surface area contributed by atoms with E-state index in [2.05, 4.69) is 77.9 Å². The number of piperazine rings is 1. The number of hydrogen-bond acceptors (Lipinski definition) is 4. The van der Waals surface area contributed by atoms with Crippen molar-refractivity contribution in [3.05, 3.63) is 30.1 Å². The third-order valence-corrected chi connectivity index (χ3v) is 10.1. The van der Waals surface area contributed by atoms with Crippen LogP contribution < -0.4 is 10.2 Å². The van der Waals surface area contributed by atoms with E-state index in [4.69, 9.17) is 4.43 Å². The summed E-state index contributed by atoms with van der Waals surface area (Å²) in [5.74, 6) is 1.22. The Morgan fingerprint density at radius 3 is 2.80 bits per heavy atom. The Hall–Kier alpha value is -1.37. The van der Waals surface area contributed by atoms with Gasteiger partial charge in [-0.3, -0.25) is 4.40 Å². The maximum absolute atomic E-state index is 6.44. The number of nitrogens with one attached hydrogen (secondary N) is 1. The predicted octanol–water partition coefficient (Wildman–Crippen LogP) is 3.44. The van der Waals surface area contributed by atoms with Crippen LogP contribution in [0.4, 0.5) is 5.82 Å². The Kier molecular flexibility index (Phi) is 4.97. The van der Waals surface area contributed by atoms with Gasteiger partial charge in [-0.25, -0.2) is 4.98 Å². The number of rotatable bonds is 4. The third kappa shape index (κ3) is 3.91. The molecule has 0 spiro atoms. The summed E-state index contributed by atoms with van der Waals surface area (Å²) >= 11 is 0. The summed E-state index contributed by atoms with van der Waals surface area (Å²) in [6.45, 7) is 17.3. The summed E-state index contributed by atoms with van der Waals surface area (Å²) in [6.07, 6.45) is 2.12. The van der Waals surface area contributed by atoms with Gasteiger partial charge in [-0.05, 0) is 37.2 Å². The zero-order valence-electron chi connectivity index (χ0n) is 16.5. The number of anilines is 1. The molecule has 3 heterocycles. The van der Waals surface area contributed by atoms with Crippen LogP contribution in [0.25, 0.3) is 5.65 Å². The van der Waals surface area contributed by atoms with Gasteiger partial charge in [0.15, 0.2) is 8.32 Å². The fourth-order valence-corrected chi connectivity index (χ4v) is 4.10. The molecule has 25 heavy (non-hydrogen) atoms. The van der Waals surface area contributed by atoms with E-state index in [1.165, 1.54) is 5.82 Å². The van der Waals surface area contributed by atoms with E-state index in [1.54, 1.807) is 0 Å². The third-order valence-electron chi connectivity index (χ3n) is 5.62. The molecule has 0 radical (unpaired) electrons. The lowest BCUT2D eigenvalue weighted by Gasteiger charge is -2.40. The van der Waals surface area contributed by atoms with Crippen molar-refractivity contribution in [2.24, 2.45) is 0 Å². The molecule has 1 saturated heterocycles. The van der Waals surface area contributed by atoms with Crippen LogP contribution in [-0.4, -0.2) is 50.0 Å². The Balaban J connectivity index is 1.71. The summed E-state index contributed by atoms with van der Waals surface area (Å²) in [7, 11) is -1.70. The SMILES string of the molecule is Cc1cn2c(N3CCNC(CO[Si](C)(C)C(C)(C)C)C3)cccc2n1. The van der Waals surface area contributed by atoms with Crippen LogP contribution in [0.15, 0.2) is 24.4 Å². The lowest BCUT2D eigenvalue weighted by Crippen LogP contribution is -2.55. The lowest BCUT2D eigenvalue weighted by molar-refractivity contribution is 0.235. The molecule has 5 nitrogen and oxygen atoms in total. The Morgan fingerprint density at radius 1 is 1.32 bits per heavy atom. The summed E-state index contributed by atoms with van der Waals surface area (Å²) in [5.41, 5.74) is 2.07. The van der Waals surface area contributed by atoms with Gasteiger partial charge in [-0.1, -0.05) is 26.8 Å². The molecule has 138 valence electrons. The highest BCUT2D eigenvalue weighted by Crippen LogP contribution is 2.36. The van der Waals surface area contributed by atoms with E-state index in [0.29, 0.717) is 6.04 Å². The van der Waals surface area contributed by atoms with Crippen molar-refractivity contribution in [2.75, 3.05) is 31.1 Å². The van der Waals surface area contributed by atoms with Gasteiger partial charge in [0.1, 0.15) is 11.5 Å². The second-order valence-corrected chi connectivity index (χ2v) is 13.5. The minimum absolute atomic E-state index is 0.251. The smallest absolute Gasteiger partial charge is 0.192 e. The van der Waals surface area contributed by atoms with Gasteiger partial charge in [0, 0.05) is 31.9 Å². The maximum atomic E-state index is 6.44. The number of pyridine rings is 1. The molecule has 0 bridgehead atoms. The second-order valence-electron chi connectivity index (χ2n) is 8.66. The van der Waals surface area contributed by atoms with Gasteiger partial charge >= 0.3 is 0 Å². The average Bonchev–Trinajstić information content (AvgIpc) is 2.92. The van der Waals surface area contributed by atoms with Crippen LogP contribution >= 0.6 is 0 Å². The number of nitrogens with zero attached hydrogens (tertiary/aromatic N) is 3. The highest BCUT2D eigenvalue weighted by atomic mass is 28.4. The summed E-state index contributed by atoms with van der Waals surface area (Å²) in [4.78, 5) is 7.03. The standard InChI is InChI=1S/C19H32N4OSi/c1-15-12-23-17(21-15)8-7-9-18(23)22-11-10-20-16(13-22)14-24-25(5,6)19(2,3)4/h7-9,12,16,20H,10-11,13-14H2,1-6H3. The number of hydrogen-bond donors (Lipinski definition) is 1. The Morgan fingerprint density at radius 2 is 2.08 bits per heavy atom. The molecule has 6 heteroatoms. The van der Waals surface area contributed by atoms with Crippen LogP contribution in [0, 0.1) is 6.92 Å². The molecule has 0 aromatic carbocycles. The molecule has 1 fully saturated rings. The van der Waals surface area contributed by atoms with E-state index < -0.39 is 8.32 Å². The highest BCUT2D eigenvalue weighted by Gasteiger charge is 2.38. The molecule has 0 saturated carbocycles. The van der Waals surface area contributed by atoms with Gasteiger partial charge in [0.05, 0.1) is 12.3 Å². The van der Waals surface area contributed by atoms with Crippen LogP contribution in [-0.2, 0) is 4.43 Å². The normalized spacial score (nSPS) is 19.6. The summed E-state index contributed by atoms with van der Waals surface area (Å²) in [6, 6.07) is 6.71. The van der Waals surface area contributed by atoms with Gasteiger partial charge in [0.25, 0.3) is 0 Å². The van der Waals surface area contributed by atoms with E-state index >= 15 is 0 Å².